The van der Waals surface area contributed by atoms with Crippen LogP contribution in [0.4, 0.5) is 0 Å². The summed E-state index contributed by atoms with van der Waals surface area (Å²) in [6.07, 6.45) is 4.42. The highest BCUT2D eigenvalue weighted by Gasteiger charge is 2.68. The summed E-state index contributed by atoms with van der Waals surface area (Å²) in [5.74, 6) is -1.94. The molecule has 6 aliphatic rings. The Morgan fingerprint density at radius 3 is 2.31 bits per heavy atom. The molecule has 10 nitrogen and oxygen atoms in total. The Bertz CT molecular complexity index is 1120. The highest BCUT2D eigenvalue weighted by molar-refractivity contribution is 5.85. The molecule has 1 N–H and O–H groups in total. The zero-order valence-corrected chi connectivity index (χ0v) is 26.0. The zero-order chi connectivity index (χ0) is 30.8. The van der Waals surface area contributed by atoms with Gasteiger partial charge in [0, 0.05) is 25.7 Å². The van der Waals surface area contributed by atoms with Crippen molar-refractivity contribution in [2.24, 2.45) is 22.2 Å². The number of hydrogen-bond acceptors (Lipinski definition) is 10. The molecule has 0 spiro atoms. The van der Waals surface area contributed by atoms with Crippen molar-refractivity contribution < 1.29 is 48.0 Å². The lowest BCUT2D eigenvalue weighted by molar-refractivity contribution is -0.259. The van der Waals surface area contributed by atoms with E-state index in [9.17, 15) is 24.3 Å². The molecule has 10 heteroatoms. The molecule has 4 aliphatic carbocycles. The molecule has 7 atom stereocenters. The second-order valence-electron chi connectivity index (χ2n) is 15.5. The van der Waals surface area contributed by atoms with Crippen molar-refractivity contribution in [1.29, 1.82) is 0 Å². The SMILES string of the molecule is CCC(C)(CC(C)(C)C(=O)OC1CC(C)(C)OC1=O)C(=O)OC12CC3CC(O)(C1)CC(C(=O)OC1CCCCO1)(C3)C2. The van der Waals surface area contributed by atoms with E-state index in [1.807, 2.05) is 6.92 Å². The maximum atomic E-state index is 14.0. The third-order valence-corrected chi connectivity index (χ3v) is 10.3. The van der Waals surface area contributed by atoms with E-state index in [1.165, 1.54) is 0 Å². The quantitative estimate of drug-likeness (QED) is 0.301. The Hall–Kier alpha value is -2.20. The Morgan fingerprint density at radius 2 is 1.71 bits per heavy atom. The summed E-state index contributed by atoms with van der Waals surface area (Å²) >= 11 is 0. The second-order valence-corrected chi connectivity index (χ2v) is 15.5. The van der Waals surface area contributed by atoms with Crippen molar-refractivity contribution in [2.75, 3.05) is 6.61 Å². The molecule has 42 heavy (non-hydrogen) atoms. The van der Waals surface area contributed by atoms with Crippen molar-refractivity contribution in [1.82, 2.24) is 0 Å². The van der Waals surface area contributed by atoms with Crippen LogP contribution in [0.3, 0.4) is 0 Å². The van der Waals surface area contributed by atoms with Gasteiger partial charge in [-0.15, -0.1) is 0 Å². The lowest BCUT2D eigenvalue weighted by Gasteiger charge is -2.63. The smallest absolute Gasteiger partial charge is 0.348 e. The largest absolute Gasteiger partial charge is 0.458 e. The molecule has 236 valence electrons. The lowest BCUT2D eigenvalue weighted by atomic mass is 9.46. The third-order valence-electron chi connectivity index (χ3n) is 10.3. The van der Waals surface area contributed by atoms with Crippen LogP contribution in [0.25, 0.3) is 0 Å². The number of carbonyl (C=O) groups excluding carboxylic acids is 4. The van der Waals surface area contributed by atoms with Crippen LogP contribution in [0.15, 0.2) is 0 Å². The summed E-state index contributed by atoms with van der Waals surface area (Å²) in [6.45, 7) is 11.1. The van der Waals surface area contributed by atoms with Gasteiger partial charge in [0.05, 0.1) is 28.5 Å². The third kappa shape index (κ3) is 5.94. The van der Waals surface area contributed by atoms with E-state index in [4.69, 9.17) is 23.7 Å². The predicted octanol–water partition coefficient (Wildman–Crippen LogP) is 4.52. The first kappa shape index (κ1) is 31.2. The number of rotatable bonds is 9. The number of esters is 4. The van der Waals surface area contributed by atoms with E-state index in [-0.39, 0.29) is 31.1 Å². The molecule has 0 radical (unpaired) electrons. The minimum Gasteiger partial charge on any atom is -0.458 e. The molecular weight excluding hydrogens is 544 g/mol. The van der Waals surface area contributed by atoms with Crippen LogP contribution < -0.4 is 0 Å². The minimum atomic E-state index is -1.11. The number of cyclic esters (lactones) is 1. The summed E-state index contributed by atoms with van der Waals surface area (Å²) < 4.78 is 28.7. The molecule has 0 aromatic carbocycles. The lowest BCUT2D eigenvalue weighted by Crippen LogP contribution is -2.67. The summed E-state index contributed by atoms with van der Waals surface area (Å²) in [7, 11) is 0. The fourth-order valence-corrected chi connectivity index (χ4v) is 8.69. The van der Waals surface area contributed by atoms with Crippen LogP contribution in [0.5, 0.6) is 0 Å². The van der Waals surface area contributed by atoms with E-state index < -0.39 is 63.4 Å². The summed E-state index contributed by atoms with van der Waals surface area (Å²) in [5, 5.41) is 11.6. The van der Waals surface area contributed by atoms with Gasteiger partial charge in [0.25, 0.3) is 0 Å². The summed E-state index contributed by atoms with van der Waals surface area (Å²) in [5.41, 5.74) is -5.87. The van der Waals surface area contributed by atoms with Crippen molar-refractivity contribution in [3.05, 3.63) is 0 Å². The first-order valence-electron chi connectivity index (χ1n) is 15.6. The van der Waals surface area contributed by atoms with Crippen molar-refractivity contribution in [3.8, 4) is 0 Å². The molecule has 2 saturated heterocycles. The Kier molecular flexibility index (Phi) is 7.78. The van der Waals surface area contributed by atoms with E-state index >= 15 is 0 Å². The number of ether oxygens (including phenoxy) is 5. The first-order chi connectivity index (χ1) is 19.4. The molecule has 4 bridgehead atoms. The van der Waals surface area contributed by atoms with Gasteiger partial charge in [-0.25, -0.2) is 4.79 Å². The number of aliphatic hydroxyl groups is 1. The van der Waals surface area contributed by atoms with Crippen LogP contribution in [-0.4, -0.2) is 64.8 Å². The molecule has 2 aliphatic heterocycles. The van der Waals surface area contributed by atoms with E-state index in [2.05, 4.69) is 0 Å². The van der Waals surface area contributed by atoms with Crippen LogP contribution >= 0.6 is 0 Å². The zero-order valence-electron chi connectivity index (χ0n) is 26.0. The molecule has 4 saturated carbocycles. The van der Waals surface area contributed by atoms with Gasteiger partial charge in [0.15, 0.2) is 0 Å². The monoisotopic (exact) mass is 592 g/mol. The normalized spacial score (nSPS) is 38.4. The van der Waals surface area contributed by atoms with Gasteiger partial charge < -0.3 is 28.8 Å². The molecule has 6 rings (SSSR count). The minimum absolute atomic E-state index is 0.0357. The van der Waals surface area contributed by atoms with Gasteiger partial charge >= 0.3 is 23.9 Å². The Morgan fingerprint density at radius 1 is 0.976 bits per heavy atom. The van der Waals surface area contributed by atoms with Gasteiger partial charge in [-0.3, -0.25) is 14.4 Å². The molecular formula is C32H48O10. The van der Waals surface area contributed by atoms with E-state index in [0.717, 1.165) is 12.8 Å². The van der Waals surface area contributed by atoms with Crippen molar-refractivity contribution >= 4 is 23.9 Å². The van der Waals surface area contributed by atoms with Gasteiger partial charge in [-0.05, 0) is 91.9 Å². The fourth-order valence-electron chi connectivity index (χ4n) is 8.69. The van der Waals surface area contributed by atoms with Gasteiger partial charge in [0.2, 0.25) is 12.4 Å². The average molecular weight is 593 g/mol. The predicted molar refractivity (Wildman–Crippen MR) is 149 cm³/mol. The van der Waals surface area contributed by atoms with Crippen LogP contribution in [0.2, 0.25) is 0 Å². The summed E-state index contributed by atoms with van der Waals surface area (Å²) in [6, 6.07) is 0. The van der Waals surface area contributed by atoms with Gasteiger partial charge in [-0.2, -0.15) is 0 Å². The number of hydrogen-bond donors (Lipinski definition) is 1. The van der Waals surface area contributed by atoms with E-state index in [0.29, 0.717) is 51.6 Å². The standard InChI is InChI=1S/C32H48O10/c1-7-29(6,16-27(2,3)24(34)39-21-15-28(4,5)41-23(21)33)25(35)42-32-14-20-12-30(18-32,17-31(37,13-20)19-32)26(36)40-22-10-8-9-11-38-22/h20-22,37H,7-19H2,1-6H3. The Balaban J connectivity index is 1.29. The first-order valence-corrected chi connectivity index (χ1v) is 15.6. The molecule has 7 unspecified atom stereocenters. The fraction of sp³-hybridized carbons (Fsp3) is 0.875. The highest BCUT2D eigenvalue weighted by Crippen LogP contribution is 2.65. The maximum Gasteiger partial charge on any atom is 0.348 e. The molecule has 0 aromatic rings. The molecule has 6 fully saturated rings. The highest BCUT2D eigenvalue weighted by atomic mass is 16.7. The second kappa shape index (κ2) is 10.5. The molecule has 2 heterocycles. The van der Waals surface area contributed by atoms with Crippen molar-refractivity contribution in [2.45, 2.75) is 148 Å². The van der Waals surface area contributed by atoms with Crippen molar-refractivity contribution in [3.63, 3.8) is 0 Å². The van der Waals surface area contributed by atoms with Gasteiger partial charge in [-0.1, -0.05) is 6.92 Å². The maximum absolute atomic E-state index is 14.0. The summed E-state index contributed by atoms with van der Waals surface area (Å²) in [4.78, 5) is 53.1. The van der Waals surface area contributed by atoms with Crippen LogP contribution in [-0.2, 0) is 42.9 Å². The van der Waals surface area contributed by atoms with E-state index in [1.54, 1.807) is 34.6 Å². The van der Waals surface area contributed by atoms with Gasteiger partial charge in [0.1, 0.15) is 11.2 Å². The Labute approximate surface area is 248 Å². The van der Waals surface area contributed by atoms with Crippen LogP contribution in [0.1, 0.15) is 119 Å². The van der Waals surface area contributed by atoms with Crippen LogP contribution in [0, 0.1) is 22.2 Å². The average Bonchev–Trinajstić information content (AvgIpc) is 3.13. The molecule has 0 amide bonds. The molecule has 0 aromatic heterocycles. The topological polar surface area (TPSA) is 135 Å². The number of carbonyl (C=O) groups is 4.